The predicted molar refractivity (Wildman–Crippen MR) is 56.7 cm³/mol. The summed E-state index contributed by atoms with van der Waals surface area (Å²) in [4.78, 5) is 8.22. The fraction of sp³-hybridized carbons (Fsp3) is 0. The van der Waals surface area contributed by atoms with Gasteiger partial charge in [0.25, 0.3) is 0 Å². The summed E-state index contributed by atoms with van der Waals surface area (Å²) in [6.45, 7) is 0. The lowest BCUT2D eigenvalue weighted by atomic mass is 10.3. The molecule has 0 fully saturated rings. The maximum absolute atomic E-state index is 5.51. The maximum atomic E-state index is 5.51. The van der Waals surface area contributed by atoms with Crippen LogP contribution in [0.25, 0.3) is 11.0 Å². The van der Waals surface area contributed by atoms with Gasteiger partial charge < -0.3 is 5.73 Å². The summed E-state index contributed by atoms with van der Waals surface area (Å²) in [5.74, 6) is 0.510. The quantitative estimate of drug-likeness (QED) is 0.743. The number of hydrogen-bond donors (Lipinski definition) is 1. The zero-order valence-electron chi connectivity index (χ0n) is 6.16. The number of halogens is 1. The third-order valence-electron chi connectivity index (χ3n) is 1.53. The molecule has 0 aromatic carbocycles. The van der Waals surface area contributed by atoms with Gasteiger partial charge in [-0.05, 0) is 40.8 Å². The van der Waals surface area contributed by atoms with Gasteiger partial charge in [0, 0.05) is 15.2 Å². The summed E-state index contributed by atoms with van der Waals surface area (Å²) in [7, 11) is 0. The van der Waals surface area contributed by atoms with E-state index in [9.17, 15) is 0 Å². The topological polar surface area (TPSA) is 51.8 Å². The number of aromatic nitrogens is 2. The number of fused-ring (bicyclic) bond motifs is 1. The highest BCUT2D eigenvalue weighted by Crippen LogP contribution is 2.13. The number of nitrogen functional groups attached to an aromatic ring is 1. The van der Waals surface area contributed by atoms with Gasteiger partial charge in [0.05, 0.1) is 0 Å². The van der Waals surface area contributed by atoms with E-state index in [0.717, 1.165) is 8.96 Å². The smallest absolute Gasteiger partial charge is 0.161 e. The van der Waals surface area contributed by atoms with E-state index in [1.54, 1.807) is 12.3 Å². The van der Waals surface area contributed by atoms with Crippen LogP contribution < -0.4 is 5.73 Å². The Morgan fingerprint density at radius 1 is 1.33 bits per heavy atom. The normalized spacial score (nSPS) is 10.4. The lowest BCUT2D eigenvalue weighted by Gasteiger charge is -1.97. The molecule has 2 rings (SSSR count). The van der Waals surface area contributed by atoms with Gasteiger partial charge in [-0.1, -0.05) is 0 Å². The van der Waals surface area contributed by atoms with Crippen molar-refractivity contribution < 1.29 is 0 Å². The highest BCUT2D eigenvalue weighted by molar-refractivity contribution is 14.1. The van der Waals surface area contributed by atoms with Crippen LogP contribution in [-0.2, 0) is 0 Å². The molecule has 12 heavy (non-hydrogen) atoms. The lowest BCUT2D eigenvalue weighted by molar-refractivity contribution is 1.28. The third-order valence-corrected chi connectivity index (χ3v) is 2.12. The van der Waals surface area contributed by atoms with E-state index in [4.69, 9.17) is 5.73 Å². The molecular formula is C8H6IN3. The van der Waals surface area contributed by atoms with Crippen LogP contribution in [-0.4, -0.2) is 9.97 Å². The summed E-state index contributed by atoms with van der Waals surface area (Å²) < 4.78 is 1.10. The molecule has 0 amide bonds. The van der Waals surface area contributed by atoms with E-state index in [-0.39, 0.29) is 0 Å². The van der Waals surface area contributed by atoms with Gasteiger partial charge in [-0.15, -0.1) is 0 Å². The van der Waals surface area contributed by atoms with Gasteiger partial charge in [0.1, 0.15) is 5.82 Å². The van der Waals surface area contributed by atoms with Crippen LogP contribution in [0.3, 0.4) is 0 Å². The highest BCUT2D eigenvalue weighted by Gasteiger charge is 1.96. The first-order valence-electron chi connectivity index (χ1n) is 3.43. The van der Waals surface area contributed by atoms with E-state index in [1.807, 2.05) is 12.1 Å². The molecule has 60 valence electrons. The second-order valence-electron chi connectivity index (χ2n) is 2.44. The molecule has 2 heterocycles. The van der Waals surface area contributed by atoms with Gasteiger partial charge in [-0.2, -0.15) is 0 Å². The Bertz CT molecular complexity index is 386. The fourth-order valence-corrected chi connectivity index (χ4v) is 1.47. The maximum Gasteiger partial charge on any atom is 0.161 e. The molecule has 0 saturated carbocycles. The van der Waals surface area contributed by atoms with Crippen LogP contribution >= 0.6 is 22.6 Å². The van der Waals surface area contributed by atoms with Gasteiger partial charge in [-0.3, -0.25) is 0 Å². The monoisotopic (exact) mass is 271 g/mol. The Morgan fingerprint density at radius 3 is 3.00 bits per heavy atom. The van der Waals surface area contributed by atoms with Crippen LogP contribution in [0.4, 0.5) is 5.82 Å². The Labute approximate surface area is 83.2 Å². The molecular weight excluding hydrogens is 265 g/mol. The van der Waals surface area contributed by atoms with Crippen molar-refractivity contribution in [2.45, 2.75) is 0 Å². The van der Waals surface area contributed by atoms with E-state index in [1.165, 1.54) is 0 Å². The van der Waals surface area contributed by atoms with E-state index >= 15 is 0 Å². The molecule has 0 bridgehead atoms. The number of nitrogens with two attached hydrogens (primary N) is 1. The summed E-state index contributed by atoms with van der Waals surface area (Å²) in [6.07, 6.45) is 1.77. The van der Waals surface area contributed by atoms with Crippen molar-refractivity contribution in [1.29, 1.82) is 0 Å². The number of hydrogen-bond acceptors (Lipinski definition) is 3. The van der Waals surface area contributed by atoms with E-state index < -0.39 is 0 Å². The van der Waals surface area contributed by atoms with Crippen molar-refractivity contribution in [1.82, 2.24) is 9.97 Å². The molecule has 0 unspecified atom stereocenters. The SMILES string of the molecule is Nc1ccc2cc(I)cnc2n1. The van der Waals surface area contributed by atoms with Crippen LogP contribution in [0.15, 0.2) is 24.4 Å². The van der Waals surface area contributed by atoms with Gasteiger partial charge in [-0.25, -0.2) is 9.97 Å². The molecule has 0 aliphatic heterocycles. The van der Waals surface area contributed by atoms with Crippen LogP contribution in [0.1, 0.15) is 0 Å². The molecule has 0 aliphatic rings. The summed E-state index contributed by atoms with van der Waals surface area (Å²) >= 11 is 2.22. The second kappa shape index (κ2) is 2.85. The molecule has 0 saturated heterocycles. The molecule has 4 heteroatoms. The minimum Gasteiger partial charge on any atom is -0.384 e. The summed E-state index contributed by atoms with van der Waals surface area (Å²) in [5.41, 5.74) is 6.21. The first-order valence-corrected chi connectivity index (χ1v) is 4.51. The Balaban J connectivity index is 2.79. The zero-order chi connectivity index (χ0) is 8.55. The van der Waals surface area contributed by atoms with Crippen LogP contribution in [0.5, 0.6) is 0 Å². The van der Waals surface area contributed by atoms with Gasteiger partial charge >= 0.3 is 0 Å². The summed E-state index contributed by atoms with van der Waals surface area (Å²) in [5, 5.41) is 1.02. The molecule has 2 N–H and O–H groups in total. The molecule has 0 spiro atoms. The Hall–Kier alpha value is -0.910. The van der Waals surface area contributed by atoms with Gasteiger partial charge in [0.15, 0.2) is 5.65 Å². The first-order chi connectivity index (χ1) is 5.75. The van der Waals surface area contributed by atoms with Crippen molar-refractivity contribution in [3.05, 3.63) is 28.0 Å². The van der Waals surface area contributed by atoms with Crippen molar-refractivity contribution in [3.8, 4) is 0 Å². The third kappa shape index (κ3) is 1.34. The van der Waals surface area contributed by atoms with Crippen molar-refractivity contribution in [3.63, 3.8) is 0 Å². The Kier molecular flexibility index (Phi) is 1.84. The van der Waals surface area contributed by atoms with Crippen LogP contribution in [0, 0.1) is 3.57 Å². The minimum absolute atomic E-state index is 0.510. The fourth-order valence-electron chi connectivity index (χ4n) is 0.998. The number of rotatable bonds is 0. The van der Waals surface area contributed by atoms with Crippen LogP contribution in [0.2, 0.25) is 0 Å². The minimum atomic E-state index is 0.510. The number of anilines is 1. The number of pyridine rings is 2. The molecule has 3 nitrogen and oxygen atoms in total. The van der Waals surface area contributed by atoms with Crippen molar-refractivity contribution in [2.75, 3.05) is 5.73 Å². The highest BCUT2D eigenvalue weighted by atomic mass is 127. The Morgan fingerprint density at radius 2 is 2.17 bits per heavy atom. The first kappa shape index (κ1) is 7.72. The molecule has 0 radical (unpaired) electrons. The van der Waals surface area contributed by atoms with Crippen molar-refractivity contribution in [2.24, 2.45) is 0 Å². The average molecular weight is 271 g/mol. The van der Waals surface area contributed by atoms with Gasteiger partial charge in [0.2, 0.25) is 0 Å². The zero-order valence-corrected chi connectivity index (χ0v) is 8.32. The van der Waals surface area contributed by atoms with E-state index in [2.05, 4.69) is 32.6 Å². The summed E-state index contributed by atoms with van der Waals surface area (Å²) in [6, 6.07) is 5.72. The van der Waals surface area contributed by atoms with Crippen molar-refractivity contribution >= 4 is 39.4 Å². The predicted octanol–water partition coefficient (Wildman–Crippen LogP) is 1.82. The van der Waals surface area contributed by atoms with E-state index in [0.29, 0.717) is 11.5 Å². The molecule has 2 aromatic heterocycles. The largest absolute Gasteiger partial charge is 0.384 e. The lowest BCUT2D eigenvalue weighted by Crippen LogP contribution is -1.91. The standard InChI is InChI=1S/C8H6IN3/c9-6-3-5-1-2-7(10)12-8(5)11-4-6/h1-4H,(H2,10,11,12). The average Bonchev–Trinajstić information content (AvgIpc) is 2.05. The molecule has 0 atom stereocenters. The molecule has 0 aliphatic carbocycles. The second-order valence-corrected chi connectivity index (χ2v) is 3.68. The molecule has 2 aromatic rings. The number of nitrogens with zero attached hydrogens (tertiary/aromatic N) is 2.